The van der Waals surface area contributed by atoms with Crippen LogP contribution in [0.2, 0.25) is 0 Å². The fraction of sp³-hybridized carbons (Fsp3) is 0.600. The number of hydrogen-bond acceptors (Lipinski definition) is 6. The number of rotatable bonds is 5. The van der Waals surface area contributed by atoms with Crippen LogP contribution in [0.5, 0.6) is 0 Å². The Bertz CT molecular complexity index is 338. The number of likely N-dealkylation sites (N-methyl/N-ethyl adjacent to an activating group) is 1. The third kappa shape index (κ3) is 2.59. The minimum absolute atomic E-state index is 0.488. The fourth-order valence-electron chi connectivity index (χ4n) is 1.51. The van der Waals surface area contributed by atoms with Gasteiger partial charge in [0.2, 0.25) is 5.95 Å². The van der Waals surface area contributed by atoms with Crippen molar-refractivity contribution in [3.8, 4) is 0 Å². The zero-order valence-corrected chi connectivity index (χ0v) is 9.48. The summed E-state index contributed by atoms with van der Waals surface area (Å²) < 4.78 is 0. The van der Waals surface area contributed by atoms with E-state index in [-0.39, 0.29) is 0 Å². The van der Waals surface area contributed by atoms with E-state index in [4.69, 9.17) is 5.73 Å². The molecule has 1 saturated heterocycles. The summed E-state index contributed by atoms with van der Waals surface area (Å²) in [7, 11) is 1.94. The Labute approximate surface area is 95.3 Å². The third-order valence-corrected chi connectivity index (χ3v) is 2.58. The first-order valence-corrected chi connectivity index (χ1v) is 5.51. The molecule has 0 bridgehead atoms. The van der Waals surface area contributed by atoms with E-state index in [9.17, 15) is 0 Å². The van der Waals surface area contributed by atoms with Gasteiger partial charge in [0.05, 0.1) is 6.04 Å². The van der Waals surface area contributed by atoms with Gasteiger partial charge in [0, 0.05) is 39.4 Å². The average molecular weight is 222 g/mol. The van der Waals surface area contributed by atoms with Crippen molar-refractivity contribution in [3.05, 3.63) is 12.3 Å². The van der Waals surface area contributed by atoms with Crippen LogP contribution in [0, 0.1) is 0 Å². The molecule has 0 aliphatic carbocycles. The van der Waals surface area contributed by atoms with Gasteiger partial charge in [-0.2, -0.15) is 4.98 Å². The molecule has 6 heteroatoms. The number of nitrogens with zero attached hydrogens (tertiary/aromatic N) is 3. The highest BCUT2D eigenvalue weighted by Crippen LogP contribution is 2.10. The minimum atomic E-state index is 0.488. The number of nitrogens with one attached hydrogen (secondary N) is 2. The van der Waals surface area contributed by atoms with Crippen LogP contribution in [0.15, 0.2) is 12.3 Å². The second-order valence-electron chi connectivity index (χ2n) is 3.95. The van der Waals surface area contributed by atoms with Crippen molar-refractivity contribution in [2.24, 2.45) is 5.73 Å². The Morgan fingerprint density at radius 1 is 1.62 bits per heavy atom. The smallest absolute Gasteiger partial charge is 0.227 e. The molecule has 1 aromatic rings. The highest BCUT2D eigenvalue weighted by atomic mass is 15.3. The van der Waals surface area contributed by atoms with Crippen molar-refractivity contribution in [2.75, 3.05) is 43.4 Å². The first-order valence-electron chi connectivity index (χ1n) is 5.51. The Balaban J connectivity index is 2.00. The Morgan fingerprint density at radius 3 is 3.06 bits per heavy atom. The fourth-order valence-corrected chi connectivity index (χ4v) is 1.51. The molecule has 1 fully saturated rings. The molecule has 16 heavy (non-hydrogen) atoms. The normalized spacial score (nSPS) is 15.6. The highest BCUT2D eigenvalue weighted by Gasteiger charge is 2.16. The second-order valence-corrected chi connectivity index (χ2v) is 3.95. The van der Waals surface area contributed by atoms with E-state index in [0.29, 0.717) is 18.5 Å². The largest absolute Gasteiger partial charge is 0.365 e. The van der Waals surface area contributed by atoms with Gasteiger partial charge in [-0.1, -0.05) is 0 Å². The topological polar surface area (TPSA) is 79.1 Å². The summed E-state index contributed by atoms with van der Waals surface area (Å²) in [6.07, 6.45) is 1.77. The van der Waals surface area contributed by atoms with Gasteiger partial charge in [0.25, 0.3) is 0 Å². The summed E-state index contributed by atoms with van der Waals surface area (Å²) in [5.74, 6) is 1.59. The van der Waals surface area contributed by atoms with E-state index in [1.807, 2.05) is 18.0 Å². The standard InChI is InChI=1S/C10H18N6/c1-16(5-3-11)10-13-4-2-9(15-10)14-8-6-12-7-8/h2,4,8,12H,3,5-7,11H2,1H3,(H,13,14,15). The number of aromatic nitrogens is 2. The second kappa shape index (κ2) is 5.09. The van der Waals surface area contributed by atoms with E-state index in [1.54, 1.807) is 6.20 Å². The maximum absolute atomic E-state index is 5.50. The van der Waals surface area contributed by atoms with Crippen molar-refractivity contribution in [2.45, 2.75) is 6.04 Å². The minimum Gasteiger partial charge on any atom is -0.365 e. The molecule has 1 aliphatic heterocycles. The van der Waals surface area contributed by atoms with Crippen LogP contribution < -0.4 is 21.3 Å². The van der Waals surface area contributed by atoms with Crippen molar-refractivity contribution in [1.82, 2.24) is 15.3 Å². The lowest BCUT2D eigenvalue weighted by Crippen LogP contribution is -2.51. The Kier molecular flexibility index (Phi) is 3.53. The van der Waals surface area contributed by atoms with Crippen LogP contribution in [-0.2, 0) is 0 Å². The van der Waals surface area contributed by atoms with Crippen molar-refractivity contribution >= 4 is 11.8 Å². The van der Waals surface area contributed by atoms with E-state index < -0.39 is 0 Å². The van der Waals surface area contributed by atoms with Crippen molar-refractivity contribution in [1.29, 1.82) is 0 Å². The predicted octanol–water partition coefficient (Wildman–Crippen LogP) is -0.745. The third-order valence-electron chi connectivity index (χ3n) is 2.58. The first kappa shape index (κ1) is 11.1. The van der Waals surface area contributed by atoms with Gasteiger partial charge in [0.15, 0.2) is 0 Å². The molecule has 1 aliphatic rings. The summed E-state index contributed by atoms with van der Waals surface area (Å²) in [6.45, 7) is 3.36. The SMILES string of the molecule is CN(CCN)c1nccc(NC2CNC2)n1. The molecule has 88 valence electrons. The van der Waals surface area contributed by atoms with Crippen molar-refractivity contribution < 1.29 is 0 Å². The van der Waals surface area contributed by atoms with Gasteiger partial charge < -0.3 is 21.3 Å². The molecule has 0 unspecified atom stereocenters. The van der Waals surface area contributed by atoms with Crippen LogP contribution in [0.3, 0.4) is 0 Å². The van der Waals surface area contributed by atoms with E-state index in [1.165, 1.54) is 0 Å². The molecule has 2 heterocycles. The maximum Gasteiger partial charge on any atom is 0.227 e. The number of anilines is 2. The number of nitrogens with two attached hydrogens (primary N) is 1. The molecular formula is C10H18N6. The molecule has 0 radical (unpaired) electrons. The zero-order chi connectivity index (χ0) is 11.4. The summed E-state index contributed by atoms with van der Waals surface area (Å²) in [5, 5.41) is 6.55. The summed E-state index contributed by atoms with van der Waals surface area (Å²) >= 11 is 0. The average Bonchev–Trinajstić information content (AvgIpc) is 2.24. The van der Waals surface area contributed by atoms with Crippen LogP contribution in [-0.4, -0.2) is 49.2 Å². The van der Waals surface area contributed by atoms with Crippen LogP contribution in [0.1, 0.15) is 0 Å². The summed E-state index contributed by atoms with van der Waals surface area (Å²) in [5.41, 5.74) is 5.50. The quantitative estimate of drug-likeness (QED) is 0.609. The molecule has 0 atom stereocenters. The molecule has 6 nitrogen and oxygen atoms in total. The van der Waals surface area contributed by atoms with Crippen molar-refractivity contribution in [3.63, 3.8) is 0 Å². The lowest BCUT2D eigenvalue weighted by Gasteiger charge is -2.28. The molecule has 0 amide bonds. The van der Waals surface area contributed by atoms with Gasteiger partial charge in [-0.25, -0.2) is 4.98 Å². The zero-order valence-electron chi connectivity index (χ0n) is 9.48. The van der Waals surface area contributed by atoms with Gasteiger partial charge in [-0.3, -0.25) is 0 Å². The predicted molar refractivity (Wildman–Crippen MR) is 64.6 cm³/mol. The number of hydrogen-bond donors (Lipinski definition) is 3. The summed E-state index contributed by atoms with van der Waals surface area (Å²) in [4.78, 5) is 10.6. The molecule has 0 spiro atoms. The molecule has 0 aromatic carbocycles. The molecule has 4 N–H and O–H groups in total. The Morgan fingerprint density at radius 2 is 2.44 bits per heavy atom. The first-order chi connectivity index (χ1) is 7.79. The summed E-state index contributed by atoms with van der Waals surface area (Å²) in [6, 6.07) is 2.38. The van der Waals surface area contributed by atoms with Gasteiger partial charge in [0.1, 0.15) is 5.82 Å². The van der Waals surface area contributed by atoms with E-state index in [2.05, 4.69) is 20.6 Å². The lowest BCUT2D eigenvalue weighted by atomic mass is 10.2. The van der Waals surface area contributed by atoms with Gasteiger partial charge in [-0.05, 0) is 6.07 Å². The lowest BCUT2D eigenvalue weighted by molar-refractivity contribution is 0.471. The monoisotopic (exact) mass is 222 g/mol. The highest BCUT2D eigenvalue weighted by molar-refractivity contribution is 5.42. The Hall–Kier alpha value is -1.40. The van der Waals surface area contributed by atoms with Gasteiger partial charge >= 0.3 is 0 Å². The van der Waals surface area contributed by atoms with Crippen LogP contribution in [0.4, 0.5) is 11.8 Å². The molecule has 2 rings (SSSR count). The molecule has 1 aromatic heterocycles. The molecule has 0 saturated carbocycles. The van der Waals surface area contributed by atoms with Crippen LogP contribution >= 0.6 is 0 Å². The van der Waals surface area contributed by atoms with Gasteiger partial charge in [-0.15, -0.1) is 0 Å². The van der Waals surface area contributed by atoms with E-state index >= 15 is 0 Å². The maximum atomic E-state index is 5.50. The van der Waals surface area contributed by atoms with Crippen LogP contribution in [0.25, 0.3) is 0 Å². The molecular weight excluding hydrogens is 204 g/mol. The van der Waals surface area contributed by atoms with E-state index in [0.717, 1.165) is 25.5 Å².